The first-order chi connectivity index (χ1) is 15.0. The Balaban J connectivity index is 1.42. The summed E-state index contributed by atoms with van der Waals surface area (Å²) in [6, 6.07) is 7.67. The van der Waals surface area contributed by atoms with Crippen molar-refractivity contribution in [1.82, 2.24) is 29.8 Å². The van der Waals surface area contributed by atoms with Gasteiger partial charge in [-0.05, 0) is 63.8 Å². The van der Waals surface area contributed by atoms with Crippen molar-refractivity contribution in [2.24, 2.45) is 5.92 Å². The van der Waals surface area contributed by atoms with Crippen molar-refractivity contribution in [3.8, 4) is 11.5 Å². The second-order valence-electron chi connectivity index (χ2n) is 8.51. The minimum atomic E-state index is -0.0182. The number of piperidine rings is 1. The van der Waals surface area contributed by atoms with Crippen molar-refractivity contribution in [1.29, 1.82) is 0 Å². The lowest BCUT2D eigenvalue weighted by molar-refractivity contribution is 0.0692. The standard InChI is InChI=1S/C23H25N7O/c1-13-5-6-17(20(26-13)21-24-7-4-8-25-21)22(31)30-12-16-10-18(19(30)11-16)29-23-27-14(2)9-15(3)28-23/h4-9,16,18-19H,10-12H2,1-3H3,(H,27,28,29)/t16-,18+,19-/m0/s1. The monoisotopic (exact) mass is 415 g/mol. The molecule has 0 aromatic carbocycles. The van der Waals surface area contributed by atoms with Crippen LogP contribution in [0.4, 0.5) is 5.95 Å². The molecule has 1 aliphatic heterocycles. The van der Waals surface area contributed by atoms with E-state index in [4.69, 9.17) is 0 Å². The van der Waals surface area contributed by atoms with Gasteiger partial charge in [0.2, 0.25) is 5.95 Å². The fourth-order valence-corrected chi connectivity index (χ4v) is 4.85. The maximum absolute atomic E-state index is 13.6. The highest BCUT2D eigenvalue weighted by atomic mass is 16.2. The van der Waals surface area contributed by atoms with Crippen molar-refractivity contribution in [2.75, 3.05) is 11.9 Å². The lowest BCUT2D eigenvalue weighted by atomic mass is 10.0. The van der Waals surface area contributed by atoms with Gasteiger partial charge in [-0.25, -0.2) is 24.9 Å². The maximum Gasteiger partial charge on any atom is 0.256 e. The first-order valence-electron chi connectivity index (χ1n) is 10.6. The van der Waals surface area contributed by atoms with Gasteiger partial charge in [-0.2, -0.15) is 0 Å². The summed E-state index contributed by atoms with van der Waals surface area (Å²) in [6.45, 7) is 6.60. The van der Waals surface area contributed by atoms with Crippen LogP contribution < -0.4 is 5.32 Å². The van der Waals surface area contributed by atoms with Crippen LogP contribution in [-0.2, 0) is 0 Å². The van der Waals surface area contributed by atoms with E-state index in [9.17, 15) is 4.79 Å². The highest BCUT2D eigenvalue weighted by Gasteiger charge is 2.47. The van der Waals surface area contributed by atoms with Gasteiger partial charge >= 0.3 is 0 Å². The first kappa shape index (κ1) is 19.5. The largest absolute Gasteiger partial charge is 0.349 e. The number of nitrogens with one attached hydrogen (secondary N) is 1. The van der Waals surface area contributed by atoms with Gasteiger partial charge in [0.15, 0.2) is 5.82 Å². The van der Waals surface area contributed by atoms with Crippen LogP contribution in [0.5, 0.6) is 0 Å². The number of hydrogen-bond donors (Lipinski definition) is 1. The molecule has 1 saturated carbocycles. The van der Waals surface area contributed by atoms with E-state index in [1.165, 1.54) is 0 Å². The minimum absolute atomic E-state index is 0.0182. The highest BCUT2D eigenvalue weighted by molar-refractivity contribution is 5.99. The molecule has 1 saturated heterocycles. The van der Waals surface area contributed by atoms with Gasteiger partial charge in [-0.15, -0.1) is 0 Å². The molecule has 1 amide bonds. The molecule has 2 fully saturated rings. The van der Waals surface area contributed by atoms with Gasteiger partial charge < -0.3 is 10.2 Å². The molecule has 158 valence electrons. The van der Waals surface area contributed by atoms with Gasteiger partial charge in [0, 0.05) is 42.1 Å². The molecular weight excluding hydrogens is 390 g/mol. The Bertz CT molecular complexity index is 1110. The van der Waals surface area contributed by atoms with Crippen LogP contribution in [0.15, 0.2) is 36.7 Å². The summed E-state index contributed by atoms with van der Waals surface area (Å²) in [5, 5.41) is 3.49. The average molecular weight is 416 g/mol. The molecule has 3 aromatic rings. The van der Waals surface area contributed by atoms with Crippen LogP contribution in [0.1, 0.15) is 40.3 Å². The Hall–Kier alpha value is -3.42. The van der Waals surface area contributed by atoms with Crippen LogP contribution in [0, 0.1) is 26.7 Å². The molecule has 0 radical (unpaired) electrons. The third kappa shape index (κ3) is 3.73. The van der Waals surface area contributed by atoms with Gasteiger partial charge in [0.1, 0.15) is 5.69 Å². The van der Waals surface area contributed by atoms with E-state index >= 15 is 0 Å². The SMILES string of the molecule is Cc1cc(C)nc(N[C@@H]2C[C@H]3C[C@@H]2N(C(=O)c2ccc(C)nc2-c2ncccn2)C3)n1. The molecule has 0 spiro atoms. The van der Waals surface area contributed by atoms with Gasteiger partial charge in [-0.3, -0.25) is 4.79 Å². The number of likely N-dealkylation sites (tertiary alicyclic amines) is 1. The van der Waals surface area contributed by atoms with Crippen LogP contribution in [0.25, 0.3) is 11.5 Å². The number of aromatic nitrogens is 5. The quantitative estimate of drug-likeness (QED) is 0.700. The number of nitrogens with zero attached hydrogens (tertiary/aromatic N) is 6. The molecule has 3 aromatic heterocycles. The second-order valence-corrected chi connectivity index (χ2v) is 8.51. The fraction of sp³-hybridized carbons (Fsp3) is 0.391. The Morgan fingerprint density at radius 3 is 2.45 bits per heavy atom. The molecule has 5 rings (SSSR count). The van der Waals surface area contributed by atoms with E-state index in [0.717, 1.165) is 36.5 Å². The minimum Gasteiger partial charge on any atom is -0.349 e. The topological polar surface area (TPSA) is 96.8 Å². The van der Waals surface area contributed by atoms with Crippen molar-refractivity contribution >= 4 is 11.9 Å². The molecule has 0 unspecified atom stereocenters. The van der Waals surface area contributed by atoms with Crippen LogP contribution in [0.2, 0.25) is 0 Å². The number of hydrogen-bond acceptors (Lipinski definition) is 7. The summed E-state index contributed by atoms with van der Waals surface area (Å²) in [5.74, 6) is 1.57. The molecule has 2 aliphatic rings. The van der Waals surface area contributed by atoms with E-state index < -0.39 is 0 Å². The molecule has 8 nitrogen and oxygen atoms in total. The van der Waals surface area contributed by atoms with Crippen molar-refractivity contribution in [3.05, 3.63) is 59.3 Å². The lowest BCUT2D eigenvalue weighted by Crippen LogP contribution is -2.48. The molecule has 2 bridgehead atoms. The first-order valence-corrected chi connectivity index (χ1v) is 10.6. The van der Waals surface area contributed by atoms with E-state index in [1.54, 1.807) is 18.5 Å². The molecule has 8 heteroatoms. The zero-order valence-electron chi connectivity index (χ0n) is 17.9. The van der Waals surface area contributed by atoms with Crippen molar-refractivity contribution < 1.29 is 4.79 Å². The van der Waals surface area contributed by atoms with Gasteiger partial charge in [0.25, 0.3) is 5.91 Å². The van der Waals surface area contributed by atoms with Crippen molar-refractivity contribution in [3.63, 3.8) is 0 Å². The average Bonchev–Trinajstić information content (AvgIpc) is 3.34. The maximum atomic E-state index is 13.6. The van der Waals surface area contributed by atoms with Crippen LogP contribution >= 0.6 is 0 Å². The molecule has 4 heterocycles. The molecule has 1 N–H and O–H groups in total. The third-order valence-electron chi connectivity index (χ3n) is 6.08. The van der Waals surface area contributed by atoms with E-state index in [-0.39, 0.29) is 18.0 Å². The number of rotatable bonds is 4. The zero-order valence-corrected chi connectivity index (χ0v) is 17.9. The Morgan fingerprint density at radius 2 is 1.74 bits per heavy atom. The third-order valence-corrected chi connectivity index (χ3v) is 6.08. The smallest absolute Gasteiger partial charge is 0.256 e. The summed E-state index contributed by atoms with van der Waals surface area (Å²) in [4.78, 5) is 37.9. The number of anilines is 1. The number of pyridine rings is 1. The fourth-order valence-electron chi connectivity index (χ4n) is 4.85. The Labute approximate surface area is 181 Å². The number of aryl methyl sites for hydroxylation is 3. The summed E-state index contributed by atoms with van der Waals surface area (Å²) >= 11 is 0. The van der Waals surface area contributed by atoms with Crippen LogP contribution in [0.3, 0.4) is 0 Å². The summed E-state index contributed by atoms with van der Waals surface area (Å²) in [6.07, 6.45) is 5.35. The highest BCUT2D eigenvalue weighted by Crippen LogP contribution is 2.40. The normalized spacial score (nSPS) is 22.0. The van der Waals surface area contributed by atoms with Crippen molar-refractivity contribution in [2.45, 2.75) is 45.7 Å². The summed E-state index contributed by atoms with van der Waals surface area (Å²) in [5.41, 5.74) is 3.78. The molecule has 31 heavy (non-hydrogen) atoms. The number of carbonyl (C=O) groups is 1. The Morgan fingerprint density at radius 1 is 1.00 bits per heavy atom. The molecule has 3 atom stereocenters. The predicted octanol–water partition coefficient (Wildman–Crippen LogP) is 2.97. The number of fused-ring (bicyclic) bond motifs is 2. The van der Waals surface area contributed by atoms with Gasteiger partial charge in [0.05, 0.1) is 11.6 Å². The molecular formula is C23H25N7O. The van der Waals surface area contributed by atoms with E-state index in [1.807, 2.05) is 43.9 Å². The summed E-state index contributed by atoms with van der Waals surface area (Å²) < 4.78 is 0. The van der Waals surface area contributed by atoms with Crippen LogP contribution in [-0.4, -0.2) is 54.4 Å². The summed E-state index contributed by atoms with van der Waals surface area (Å²) in [7, 11) is 0. The zero-order chi connectivity index (χ0) is 21.5. The number of amides is 1. The lowest BCUT2D eigenvalue weighted by Gasteiger charge is -2.34. The van der Waals surface area contributed by atoms with E-state index in [0.29, 0.717) is 28.9 Å². The molecule has 1 aliphatic carbocycles. The Kier molecular flexibility index (Phi) is 4.84. The number of carbonyl (C=O) groups excluding carboxylic acids is 1. The van der Waals surface area contributed by atoms with Gasteiger partial charge in [-0.1, -0.05) is 0 Å². The van der Waals surface area contributed by atoms with E-state index in [2.05, 4.69) is 30.2 Å². The predicted molar refractivity (Wildman–Crippen MR) is 116 cm³/mol. The second kappa shape index (κ2) is 7.68.